The highest BCUT2D eigenvalue weighted by Gasteiger charge is 2.55. The second-order valence-electron chi connectivity index (χ2n) is 12.7. The molecule has 17 heteroatoms. The van der Waals surface area contributed by atoms with Crippen molar-refractivity contribution in [1.82, 2.24) is 19.6 Å². The predicted molar refractivity (Wildman–Crippen MR) is 193 cm³/mol. The predicted octanol–water partition coefficient (Wildman–Crippen LogP) is 5.27. The molecule has 6 rings (SSSR count). The van der Waals surface area contributed by atoms with Crippen LogP contribution in [0.1, 0.15) is 43.8 Å². The summed E-state index contributed by atoms with van der Waals surface area (Å²) in [5.41, 5.74) is 0.354. The van der Waals surface area contributed by atoms with Crippen LogP contribution in [-0.4, -0.2) is 78.4 Å². The van der Waals surface area contributed by atoms with Crippen LogP contribution in [-0.2, 0) is 23.9 Å². The van der Waals surface area contributed by atoms with Crippen LogP contribution in [0.15, 0.2) is 101 Å². The summed E-state index contributed by atoms with van der Waals surface area (Å²) in [4.78, 5) is 58.7. The molecule has 3 aromatic carbocycles. The van der Waals surface area contributed by atoms with Gasteiger partial charge in [0.15, 0.2) is 6.10 Å². The van der Waals surface area contributed by atoms with Gasteiger partial charge in [-0.2, -0.15) is 9.36 Å². The lowest BCUT2D eigenvalue weighted by atomic mass is 10.0. The van der Waals surface area contributed by atoms with Gasteiger partial charge in [-0.05, 0) is 44.0 Å². The molecule has 274 valence electrons. The molecule has 3 heterocycles. The first kappa shape index (κ1) is 37.0. The number of rotatable bonds is 11. The fourth-order valence-corrected chi connectivity index (χ4v) is 7.30. The number of β-lactam (4-membered cyclic amide) rings is 1. The average molecular weight is 761 g/mol. The van der Waals surface area contributed by atoms with Crippen LogP contribution < -0.4 is 15.4 Å². The average Bonchev–Trinajstić information content (AvgIpc) is 3.59. The van der Waals surface area contributed by atoms with Crippen molar-refractivity contribution in [3.05, 3.63) is 119 Å². The van der Waals surface area contributed by atoms with Crippen molar-refractivity contribution in [2.24, 2.45) is 5.16 Å². The second-order valence-corrected chi connectivity index (χ2v) is 14.5. The normalized spacial score (nSPS) is 17.1. The number of benzene rings is 3. The maximum absolute atomic E-state index is 14.2. The Morgan fingerprint density at radius 1 is 1.04 bits per heavy atom. The Kier molecular flexibility index (Phi) is 11.0. The standard InChI is InChI=1S/C36H33FN6O8S2/c1-36(2,3)51-35(47)40-34-39-29(42-53-34)25(41-48)30(44)38-26-31(45)43-27(22(19-52-32(26)43)18-49-24-16-10-15-23(37)17-24)33(46)50-28(20-11-6-4-7-12-20)21-13-8-5-9-14-21/h4-17,26,28,32,48H,18-19H2,1-3H3,(H,38,44)(H,39,40,42,47)/t26?,32-/m0/s1. The number of carbonyl (C=O) groups excluding carboxylic acids is 4. The Bertz CT molecular complexity index is 2030. The van der Waals surface area contributed by atoms with Gasteiger partial charge in [-0.15, -0.1) is 11.8 Å². The number of fused-ring (bicyclic) bond motifs is 1. The van der Waals surface area contributed by atoms with Gasteiger partial charge in [0.05, 0.1) is 0 Å². The largest absolute Gasteiger partial charge is 0.489 e. The Morgan fingerprint density at radius 2 is 1.72 bits per heavy atom. The number of nitrogens with one attached hydrogen (secondary N) is 2. The number of ether oxygens (including phenoxy) is 3. The molecule has 0 bridgehead atoms. The molecule has 2 aliphatic heterocycles. The van der Waals surface area contributed by atoms with Gasteiger partial charge in [-0.1, -0.05) is 71.9 Å². The van der Waals surface area contributed by atoms with Gasteiger partial charge in [0.1, 0.15) is 40.9 Å². The van der Waals surface area contributed by atoms with Crippen molar-refractivity contribution < 1.29 is 43.0 Å². The fourth-order valence-electron chi connectivity index (χ4n) is 5.42. The summed E-state index contributed by atoms with van der Waals surface area (Å²) >= 11 is 1.97. The highest BCUT2D eigenvalue weighted by Crippen LogP contribution is 2.42. The van der Waals surface area contributed by atoms with E-state index in [4.69, 9.17) is 14.2 Å². The van der Waals surface area contributed by atoms with Crippen LogP contribution >= 0.6 is 23.3 Å². The lowest BCUT2D eigenvalue weighted by Crippen LogP contribution is -2.71. The number of anilines is 1. The minimum absolute atomic E-state index is 0.0254. The number of hydrogen-bond donors (Lipinski definition) is 3. The second kappa shape index (κ2) is 15.8. The number of halogens is 1. The number of carbonyl (C=O) groups is 4. The zero-order chi connectivity index (χ0) is 37.7. The summed E-state index contributed by atoms with van der Waals surface area (Å²) in [6.07, 6.45) is -1.63. The topological polar surface area (TPSA) is 182 Å². The Balaban J connectivity index is 1.23. The molecular weight excluding hydrogens is 728 g/mol. The molecule has 1 fully saturated rings. The van der Waals surface area contributed by atoms with Crippen molar-refractivity contribution in [3.8, 4) is 5.75 Å². The Morgan fingerprint density at radius 3 is 2.34 bits per heavy atom. The molecule has 1 unspecified atom stereocenters. The first-order valence-corrected chi connectivity index (χ1v) is 18.0. The third-order valence-corrected chi connectivity index (χ3v) is 9.70. The molecule has 0 saturated carbocycles. The van der Waals surface area contributed by atoms with Crippen LogP contribution in [0.2, 0.25) is 0 Å². The van der Waals surface area contributed by atoms with Crippen molar-refractivity contribution in [3.63, 3.8) is 0 Å². The third kappa shape index (κ3) is 8.64. The molecule has 0 aliphatic carbocycles. The van der Waals surface area contributed by atoms with Crippen LogP contribution in [0.25, 0.3) is 0 Å². The van der Waals surface area contributed by atoms with Crippen molar-refractivity contribution in [2.45, 2.75) is 43.9 Å². The van der Waals surface area contributed by atoms with Crippen molar-refractivity contribution in [1.29, 1.82) is 0 Å². The summed E-state index contributed by atoms with van der Waals surface area (Å²) in [5.74, 6) is -2.83. The van der Waals surface area contributed by atoms with Crippen LogP contribution in [0, 0.1) is 5.82 Å². The lowest BCUT2D eigenvalue weighted by Gasteiger charge is -2.49. The van der Waals surface area contributed by atoms with Gasteiger partial charge in [0, 0.05) is 28.9 Å². The minimum atomic E-state index is -1.14. The smallest absolute Gasteiger partial charge is 0.414 e. The molecule has 2 aliphatic rings. The summed E-state index contributed by atoms with van der Waals surface area (Å²) in [6, 6.07) is 22.6. The molecule has 53 heavy (non-hydrogen) atoms. The monoisotopic (exact) mass is 760 g/mol. The first-order valence-electron chi connectivity index (χ1n) is 16.1. The molecule has 1 saturated heterocycles. The van der Waals surface area contributed by atoms with E-state index in [0.717, 1.165) is 0 Å². The number of oxime groups is 1. The van der Waals surface area contributed by atoms with Crippen molar-refractivity contribution in [2.75, 3.05) is 17.7 Å². The number of esters is 1. The van der Waals surface area contributed by atoms with Crippen LogP contribution in [0.4, 0.5) is 14.3 Å². The van der Waals surface area contributed by atoms with E-state index in [2.05, 4.69) is 25.1 Å². The zero-order valence-electron chi connectivity index (χ0n) is 28.5. The van der Waals surface area contributed by atoms with Gasteiger partial charge in [0.2, 0.25) is 16.7 Å². The molecule has 3 N–H and O–H groups in total. The molecule has 14 nitrogen and oxygen atoms in total. The number of thioether (sulfide) groups is 1. The molecule has 0 radical (unpaired) electrons. The first-order chi connectivity index (χ1) is 25.4. The van der Waals surface area contributed by atoms with Gasteiger partial charge in [0.25, 0.3) is 11.8 Å². The summed E-state index contributed by atoms with van der Waals surface area (Å²) in [5, 5.41) is 16.9. The van der Waals surface area contributed by atoms with Gasteiger partial charge in [-0.25, -0.2) is 14.0 Å². The van der Waals surface area contributed by atoms with Gasteiger partial charge < -0.3 is 24.7 Å². The van der Waals surface area contributed by atoms with E-state index in [1.807, 2.05) is 60.7 Å². The summed E-state index contributed by atoms with van der Waals surface area (Å²) < 4.78 is 35.1. The molecule has 3 amide bonds. The van der Waals surface area contributed by atoms with Gasteiger partial charge in [-0.3, -0.25) is 19.8 Å². The van der Waals surface area contributed by atoms with Gasteiger partial charge >= 0.3 is 12.1 Å². The minimum Gasteiger partial charge on any atom is -0.489 e. The summed E-state index contributed by atoms with van der Waals surface area (Å²) in [7, 11) is 0. The lowest BCUT2D eigenvalue weighted by molar-refractivity contribution is -0.154. The number of aromatic nitrogens is 2. The molecule has 2 atom stereocenters. The molecular formula is C36H33FN6O8S2. The van der Waals surface area contributed by atoms with Crippen molar-refractivity contribution >= 4 is 58.0 Å². The van der Waals surface area contributed by atoms with E-state index in [1.54, 1.807) is 26.8 Å². The highest BCUT2D eigenvalue weighted by molar-refractivity contribution is 8.00. The van der Waals surface area contributed by atoms with E-state index in [9.17, 15) is 28.8 Å². The fraction of sp³-hybridized carbons (Fsp3) is 0.250. The third-order valence-electron chi connectivity index (χ3n) is 7.73. The zero-order valence-corrected chi connectivity index (χ0v) is 30.2. The van der Waals surface area contributed by atoms with E-state index in [0.29, 0.717) is 28.2 Å². The van der Waals surface area contributed by atoms with E-state index in [1.165, 1.54) is 34.9 Å². The maximum atomic E-state index is 14.2. The number of nitrogens with zero attached hydrogens (tertiary/aromatic N) is 4. The van der Waals surface area contributed by atoms with Crippen LogP contribution in [0.5, 0.6) is 5.75 Å². The highest BCUT2D eigenvalue weighted by atomic mass is 32.2. The molecule has 4 aromatic rings. The quantitative estimate of drug-likeness (QED) is 0.0596. The molecule has 0 spiro atoms. The Hall–Kier alpha value is -5.81. The number of hydrogen-bond acceptors (Lipinski definition) is 13. The van der Waals surface area contributed by atoms with E-state index >= 15 is 0 Å². The molecule has 1 aromatic heterocycles. The Labute approximate surface area is 311 Å². The SMILES string of the molecule is CC(C)(C)OC(=O)Nc1nc(C(=NO)C(=O)NC2C(=O)N3C(C(=O)OC(c4ccccc4)c4ccccc4)=C(COc4cccc(F)c4)CS[C@@H]23)ns1. The van der Waals surface area contributed by atoms with E-state index in [-0.39, 0.29) is 34.8 Å². The maximum Gasteiger partial charge on any atom is 0.414 e. The summed E-state index contributed by atoms with van der Waals surface area (Å²) in [6.45, 7) is 4.89. The van der Waals surface area contributed by atoms with E-state index < -0.39 is 58.5 Å². The van der Waals surface area contributed by atoms with Crippen LogP contribution in [0.3, 0.4) is 0 Å². The number of amides is 3.